The normalized spacial score (nSPS) is 13.5. The van der Waals surface area contributed by atoms with Gasteiger partial charge < -0.3 is 19.8 Å². The number of carbonyl (C=O) groups is 1. The van der Waals surface area contributed by atoms with Gasteiger partial charge in [0.15, 0.2) is 5.75 Å². The van der Waals surface area contributed by atoms with Crippen molar-refractivity contribution in [1.82, 2.24) is 4.90 Å². The van der Waals surface area contributed by atoms with E-state index in [0.29, 0.717) is 35.5 Å². The average molecular weight is 512 g/mol. The summed E-state index contributed by atoms with van der Waals surface area (Å²) in [6.07, 6.45) is -4.25. The predicted molar refractivity (Wildman–Crippen MR) is 122 cm³/mol. The summed E-state index contributed by atoms with van der Waals surface area (Å²) in [5.41, 5.74) is 4.77. The molecule has 3 N–H and O–H groups in total. The highest BCUT2D eigenvalue weighted by atomic mass is 35.5. The first kappa shape index (κ1) is 24.0. The molecule has 0 aliphatic carbocycles. The summed E-state index contributed by atoms with van der Waals surface area (Å²) < 4.78 is 47.3. The van der Waals surface area contributed by atoms with E-state index in [1.807, 2.05) is 0 Å². The highest BCUT2D eigenvalue weighted by Crippen LogP contribution is 2.39. The first-order valence-electron chi connectivity index (χ1n) is 10.0. The Kier molecular flexibility index (Phi) is 6.79. The van der Waals surface area contributed by atoms with Crippen molar-refractivity contribution >= 4 is 34.8 Å². The molecule has 4 rings (SSSR count). The lowest BCUT2D eigenvalue weighted by Crippen LogP contribution is -2.37. The molecule has 0 saturated heterocycles. The van der Waals surface area contributed by atoms with Crippen LogP contribution in [0.25, 0.3) is 0 Å². The van der Waals surface area contributed by atoms with Crippen molar-refractivity contribution in [2.45, 2.75) is 19.3 Å². The Morgan fingerprint density at radius 3 is 2.44 bits per heavy atom. The molecule has 0 unspecified atom stereocenters. The summed E-state index contributed by atoms with van der Waals surface area (Å²) in [4.78, 5) is 14.6. The quantitative estimate of drug-likeness (QED) is 0.305. The Bertz CT molecular complexity index is 1210. The molecule has 0 fully saturated rings. The molecule has 1 amide bonds. The number of nitrogen functional groups attached to an aromatic ring is 1. The Hall–Kier alpha value is -3.14. The van der Waals surface area contributed by atoms with Crippen LogP contribution in [0.2, 0.25) is 10.0 Å². The van der Waals surface area contributed by atoms with E-state index in [4.69, 9.17) is 33.8 Å². The van der Waals surface area contributed by atoms with Crippen LogP contribution in [0.15, 0.2) is 54.6 Å². The van der Waals surface area contributed by atoms with E-state index in [9.17, 15) is 18.0 Å². The third-order valence-electron chi connectivity index (χ3n) is 5.14. The Morgan fingerprint density at radius 1 is 1.03 bits per heavy atom. The number of hydrogen-bond acceptors (Lipinski definition) is 5. The zero-order valence-electron chi connectivity index (χ0n) is 17.5. The van der Waals surface area contributed by atoms with Gasteiger partial charge in [-0.15, -0.1) is 13.2 Å². The fourth-order valence-electron chi connectivity index (χ4n) is 3.65. The molecule has 0 saturated carbocycles. The molecule has 0 bridgehead atoms. The lowest BCUT2D eigenvalue weighted by molar-refractivity contribution is -0.274. The molecule has 0 spiro atoms. The van der Waals surface area contributed by atoms with Crippen LogP contribution in [0, 0.1) is 0 Å². The number of ether oxygens (including phenoxy) is 2. The number of nitrogens with one attached hydrogen (secondary N) is 1. The lowest BCUT2D eigenvalue weighted by atomic mass is 9.98. The zero-order chi connectivity index (χ0) is 24.5. The standard InChI is InChI=1S/C23H18Cl2F3N3O3/c24-19-10-15(30-29)11-20(25)21(19)33-16-4-5-18-14(9-16)6-7-31(22(18)32)12-13-2-1-3-17(8-13)34-23(26,27)28/h1-5,8-11,30H,6-7,12,29H2. The van der Waals surface area contributed by atoms with E-state index in [1.165, 1.54) is 18.2 Å². The largest absolute Gasteiger partial charge is 0.573 e. The second kappa shape index (κ2) is 9.61. The maximum atomic E-state index is 13.0. The van der Waals surface area contributed by atoms with Crippen molar-refractivity contribution in [2.75, 3.05) is 12.0 Å². The molecule has 178 valence electrons. The zero-order valence-corrected chi connectivity index (χ0v) is 19.0. The number of carbonyl (C=O) groups excluding carboxylic acids is 1. The topological polar surface area (TPSA) is 76.8 Å². The van der Waals surface area contributed by atoms with Crippen LogP contribution < -0.4 is 20.7 Å². The smallest absolute Gasteiger partial charge is 0.454 e. The minimum absolute atomic E-state index is 0.151. The fraction of sp³-hybridized carbons (Fsp3) is 0.174. The summed E-state index contributed by atoms with van der Waals surface area (Å²) >= 11 is 12.5. The highest BCUT2D eigenvalue weighted by Gasteiger charge is 2.31. The van der Waals surface area contributed by atoms with Crippen molar-refractivity contribution in [2.24, 2.45) is 5.84 Å². The average Bonchev–Trinajstić information content (AvgIpc) is 2.77. The first-order valence-corrected chi connectivity index (χ1v) is 10.8. The number of benzene rings is 3. The Balaban J connectivity index is 1.49. The van der Waals surface area contributed by atoms with Gasteiger partial charge in [-0.25, -0.2) is 0 Å². The molecule has 1 heterocycles. The third kappa shape index (κ3) is 5.49. The summed E-state index contributed by atoms with van der Waals surface area (Å²) in [5, 5.41) is 0.523. The number of anilines is 1. The number of nitrogens with zero attached hydrogens (tertiary/aromatic N) is 1. The van der Waals surface area contributed by atoms with Crippen molar-refractivity contribution in [3.8, 4) is 17.2 Å². The van der Waals surface area contributed by atoms with E-state index in [1.54, 1.807) is 41.3 Å². The highest BCUT2D eigenvalue weighted by molar-refractivity contribution is 6.37. The van der Waals surface area contributed by atoms with Gasteiger partial charge in [0.05, 0.1) is 15.7 Å². The number of halogens is 5. The van der Waals surface area contributed by atoms with E-state index in [0.717, 1.165) is 5.56 Å². The summed E-state index contributed by atoms with van der Waals surface area (Å²) in [6.45, 7) is 0.538. The minimum atomic E-state index is -4.78. The van der Waals surface area contributed by atoms with Crippen LogP contribution in [-0.2, 0) is 13.0 Å². The van der Waals surface area contributed by atoms with Gasteiger partial charge in [0.2, 0.25) is 0 Å². The van der Waals surface area contributed by atoms with Crippen molar-refractivity contribution in [3.63, 3.8) is 0 Å². The van der Waals surface area contributed by atoms with Gasteiger partial charge >= 0.3 is 6.36 Å². The fourth-order valence-corrected chi connectivity index (χ4v) is 4.21. The van der Waals surface area contributed by atoms with Crippen LogP contribution in [0.4, 0.5) is 18.9 Å². The Labute approximate surface area is 202 Å². The number of hydrogen-bond donors (Lipinski definition) is 2. The van der Waals surface area contributed by atoms with Crippen LogP contribution in [0.5, 0.6) is 17.2 Å². The summed E-state index contributed by atoms with van der Waals surface area (Å²) in [6, 6.07) is 13.7. The molecule has 11 heteroatoms. The van der Waals surface area contributed by atoms with Crippen molar-refractivity contribution in [1.29, 1.82) is 0 Å². The molecule has 1 aliphatic heterocycles. The number of fused-ring (bicyclic) bond motifs is 1. The SMILES string of the molecule is NNc1cc(Cl)c(Oc2ccc3c(c2)CCN(Cc2cccc(OC(F)(F)F)c2)C3=O)c(Cl)c1. The molecule has 0 atom stereocenters. The molecule has 0 aromatic heterocycles. The molecule has 34 heavy (non-hydrogen) atoms. The second-order valence-electron chi connectivity index (χ2n) is 7.51. The van der Waals surface area contributed by atoms with Crippen LogP contribution >= 0.6 is 23.2 Å². The molecule has 1 aliphatic rings. The van der Waals surface area contributed by atoms with Gasteiger partial charge in [-0.2, -0.15) is 0 Å². The van der Waals surface area contributed by atoms with E-state index in [2.05, 4.69) is 10.2 Å². The van der Waals surface area contributed by atoms with Gasteiger partial charge in [0.25, 0.3) is 5.91 Å². The number of rotatable bonds is 6. The van der Waals surface area contributed by atoms with Crippen molar-refractivity contribution < 1.29 is 27.4 Å². The van der Waals surface area contributed by atoms with Gasteiger partial charge in [-0.3, -0.25) is 10.6 Å². The van der Waals surface area contributed by atoms with E-state index >= 15 is 0 Å². The maximum Gasteiger partial charge on any atom is 0.573 e. The molecule has 3 aromatic carbocycles. The van der Waals surface area contributed by atoms with Gasteiger partial charge in [0.1, 0.15) is 11.5 Å². The Morgan fingerprint density at radius 2 is 1.76 bits per heavy atom. The lowest BCUT2D eigenvalue weighted by Gasteiger charge is -2.29. The first-order chi connectivity index (χ1) is 16.1. The molecule has 0 radical (unpaired) electrons. The second-order valence-corrected chi connectivity index (χ2v) is 8.32. The van der Waals surface area contributed by atoms with Gasteiger partial charge in [-0.1, -0.05) is 35.3 Å². The predicted octanol–water partition coefficient (Wildman–Crippen LogP) is 6.17. The van der Waals surface area contributed by atoms with Crippen LogP contribution in [-0.4, -0.2) is 23.7 Å². The van der Waals surface area contributed by atoms with E-state index in [-0.39, 0.29) is 34.0 Å². The number of amides is 1. The molecular weight excluding hydrogens is 494 g/mol. The van der Waals surface area contributed by atoms with Crippen LogP contribution in [0.1, 0.15) is 21.5 Å². The van der Waals surface area contributed by atoms with E-state index < -0.39 is 6.36 Å². The maximum absolute atomic E-state index is 13.0. The molecule has 3 aromatic rings. The van der Waals surface area contributed by atoms with Gasteiger partial charge in [-0.05, 0) is 60.0 Å². The van der Waals surface area contributed by atoms with Crippen LogP contribution in [0.3, 0.4) is 0 Å². The minimum Gasteiger partial charge on any atom is -0.454 e. The number of hydrazine groups is 1. The molecular formula is C23H18Cl2F3N3O3. The number of alkyl halides is 3. The monoisotopic (exact) mass is 511 g/mol. The number of nitrogens with two attached hydrogens (primary N) is 1. The molecule has 6 nitrogen and oxygen atoms in total. The summed E-state index contributed by atoms with van der Waals surface area (Å²) in [7, 11) is 0. The van der Waals surface area contributed by atoms with Gasteiger partial charge in [0, 0.05) is 18.7 Å². The van der Waals surface area contributed by atoms with Crippen molar-refractivity contribution in [3.05, 3.63) is 81.3 Å². The summed E-state index contributed by atoms with van der Waals surface area (Å²) in [5.74, 6) is 5.52. The third-order valence-corrected chi connectivity index (χ3v) is 5.70.